The minimum absolute atomic E-state index is 0.0684. The summed E-state index contributed by atoms with van der Waals surface area (Å²) < 4.78 is 11.5. The van der Waals surface area contributed by atoms with E-state index in [4.69, 9.17) is 26.2 Å². The summed E-state index contributed by atoms with van der Waals surface area (Å²) in [7, 11) is 1.72. The fourth-order valence-electron chi connectivity index (χ4n) is 2.88. The fourth-order valence-corrected chi connectivity index (χ4v) is 3.06. The Morgan fingerprint density at radius 3 is 2.85 bits per heavy atom. The van der Waals surface area contributed by atoms with Crippen molar-refractivity contribution in [2.45, 2.75) is 25.6 Å². The molecule has 0 aromatic heterocycles. The molecule has 1 amide bonds. The van der Waals surface area contributed by atoms with E-state index in [0.717, 1.165) is 0 Å². The standard InChI is InChI=1S/C18H25ClN2O5/c1-3-15(26-16-7-5-4-6-14(16)19)18(24)21-8-9-25-13(11-21)10-20(2)12-17(22)23/h4-7,13,15H,3,8-12H2,1-2H3,(H,22,23). The highest BCUT2D eigenvalue weighted by molar-refractivity contribution is 6.32. The van der Waals surface area contributed by atoms with Gasteiger partial charge in [-0.25, -0.2) is 0 Å². The van der Waals surface area contributed by atoms with Gasteiger partial charge in [0.25, 0.3) is 5.91 Å². The van der Waals surface area contributed by atoms with E-state index >= 15 is 0 Å². The van der Waals surface area contributed by atoms with Crippen molar-refractivity contribution in [1.29, 1.82) is 0 Å². The summed E-state index contributed by atoms with van der Waals surface area (Å²) in [5.41, 5.74) is 0. The lowest BCUT2D eigenvalue weighted by Gasteiger charge is -2.36. The molecule has 1 saturated heterocycles. The number of ether oxygens (including phenoxy) is 2. The van der Waals surface area contributed by atoms with Gasteiger partial charge < -0.3 is 19.5 Å². The van der Waals surface area contributed by atoms with Crippen LogP contribution in [0.1, 0.15) is 13.3 Å². The molecule has 0 radical (unpaired) electrons. The third-order valence-corrected chi connectivity index (χ3v) is 4.44. The van der Waals surface area contributed by atoms with Crippen LogP contribution in [0, 0.1) is 0 Å². The van der Waals surface area contributed by atoms with Gasteiger partial charge in [0.2, 0.25) is 0 Å². The van der Waals surface area contributed by atoms with E-state index in [1.807, 2.05) is 13.0 Å². The van der Waals surface area contributed by atoms with Crippen molar-refractivity contribution >= 4 is 23.5 Å². The van der Waals surface area contributed by atoms with Crippen molar-refractivity contribution in [3.8, 4) is 5.75 Å². The first kappa shape index (κ1) is 20.5. The number of halogens is 1. The molecule has 1 fully saturated rings. The summed E-state index contributed by atoms with van der Waals surface area (Å²) in [6.45, 7) is 3.57. The fraction of sp³-hybridized carbons (Fsp3) is 0.556. The van der Waals surface area contributed by atoms with E-state index in [-0.39, 0.29) is 18.6 Å². The molecular formula is C18H25ClN2O5. The maximum Gasteiger partial charge on any atom is 0.317 e. The minimum Gasteiger partial charge on any atom is -0.480 e. The Balaban J connectivity index is 1.95. The quantitative estimate of drug-likeness (QED) is 0.735. The average molecular weight is 385 g/mol. The van der Waals surface area contributed by atoms with Gasteiger partial charge in [-0.2, -0.15) is 0 Å². The molecule has 2 unspecified atom stereocenters. The molecule has 1 heterocycles. The second kappa shape index (κ2) is 9.75. The first-order chi connectivity index (χ1) is 12.4. The number of benzene rings is 1. The van der Waals surface area contributed by atoms with Crippen LogP contribution < -0.4 is 4.74 Å². The Morgan fingerprint density at radius 2 is 2.19 bits per heavy atom. The van der Waals surface area contributed by atoms with Crippen LogP contribution in [-0.2, 0) is 14.3 Å². The van der Waals surface area contributed by atoms with Gasteiger partial charge in [0.15, 0.2) is 6.10 Å². The average Bonchev–Trinajstić information content (AvgIpc) is 2.60. The van der Waals surface area contributed by atoms with E-state index in [2.05, 4.69) is 0 Å². The van der Waals surface area contributed by atoms with E-state index in [1.165, 1.54) is 0 Å². The van der Waals surface area contributed by atoms with E-state index in [9.17, 15) is 9.59 Å². The van der Waals surface area contributed by atoms with Gasteiger partial charge in [0.1, 0.15) is 5.75 Å². The number of carboxylic acid groups (broad SMARTS) is 1. The number of carbonyl (C=O) groups excluding carboxylic acids is 1. The normalized spacial score (nSPS) is 18.6. The summed E-state index contributed by atoms with van der Waals surface area (Å²) >= 11 is 6.11. The minimum atomic E-state index is -0.893. The number of likely N-dealkylation sites (N-methyl/N-ethyl adjacent to an activating group) is 1. The summed E-state index contributed by atoms with van der Waals surface area (Å²) in [5.74, 6) is -0.516. The Hall–Kier alpha value is -1.83. The molecule has 8 heteroatoms. The maximum atomic E-state index is 12.8. The van der Waals surface area contributed by atoms with Crippen molar-refractivity contribution in [3.05, 3.63) is 29.3 Å². The molecule has 7 nitrogen and oxygen atoms in total. The lowest BCUT2D eigenvalue weighted by molar-refractivity contribution is -0.148. The predicted octanol–water partition coefficient (Wildman–Crippen LogP) is 1.74. The second-order valence-electron chi connectivity index (χ2n) is 6.31. The van der Waals surface area contributed by atoms with Gasteiger partial charge in [-0.3, -0.25) is 14.5 Å². The highest BCUT2D eigenvalue weighted by Gasteiger charge is 2.30. The number of carboxylic acids is 1. The first-order valence-electron chi connectivity index (χ1n) is 8.62. The van der Waals surface area contributed by atoms with Crippen LogP contribution in [0.15, 0.2) is 24.3 Å². The summed E-state index contributed by atoms with van der Waals surface area (Å²) in [5, 5.41) is 9.31. The number of hydrogen-bond donors (Lipinski definition) is 1. The SMILES string of the molecule is CCC(Oc1ccccc1Cl)C(=O)N1CCOC(CN(C)CC(=O)O)C1. The molecule has 1 N–H and O–H groups in total. The Morgan fingerprint density at radius 1 is 1.46 bits per heavy atom. The highest BCUT2D eigenvalue weighted by Crippen LogP contribution is 2.25. The number of hydrogen-bond acceptors (Lipinski definition) is 5. The molecule has 1 aromatic carbocycles. The van der Waals surface area contributed by atoms with E-state index < -0.39 is 12.1 Å². The number of nitrogens with zero attached hydrogens (tertiary/aromatic N) is 2. The monoisotopic (exact) mass is 384 g/mol. The predicted molar refractivity (Wildman–Crippen MR) is 97.6 cm³/mol. The van der Waals surface area contributed by atoms with E-state index in [0.29, 0.717) is 43.4 Å². The molecule has 0 saturated carbocycles. The third-order valence-electron chi connectivity index (χ3n) is 4.12. The summed E-state index contributed by atoms with van der Waals surface area (Å²) in [4.78, 5) is 27.0. The highest BCUT2D eigenvalue weighted by atomic mass is 35.5. The number of aliphatic carboxylic acids is 1. The van der Waals surface area contributed by atoms with Crippen molar-refractivity contribution in [3.63, 3.8) is 0 Å². The number of carbonyl (C=O) groups is 2. The zero-order valence-electron chi connectivity index (χ0n) is 15.1. The smallest absolute Gasteiger partial charge is 0.317 e. The topological polar surface area (TPSA) is 79.3 Å². The third kappa shape index (κ3) is 5.86. The largest absolute Gasteiger partial charge is 0.480 e. The number of para-hydroxylation sites is 1. The van der Waals surface area contributed by atoms with Crippen molar-refractivity contribution in [1.82, 2.24) is 9.80 Å². The zero-order valence-corrected chi connectivity index (χ0v) is 15.8. The molecule has 2 atom stereocenters. The van der Waals surface area contributed by atoms with Gasteiger partial charge in [0, 0.05) is 19.6 Å². The van der Waals surface area contributed by atoms with Gasteiger partial charge in [-0.1, -0.05) is 30.7 Å². The van der Waals surface area contributed by atoms with Crippen LogP contribution >= 0.6 is 11.6 Å². The molecule has 2 rings (SSSR count). The number of rotatable bonds is 8. The van der Waals surface area contributed by atoms with Gasteiger partial charge in [0.05, 0.1) is 24.3 Å². The van der Waals surface area contributed by atoms with Crippen molar-refractivity contribution < 1.29 is 24.2 Å². The van der Waals surface area contributed by atoms with Crippen LogP contribution in [0.25, 0.3) is 0 Å². The van der Waals surface area contributed by atoms with E-state index in [1.54, 1.807) is 35.0 Å². The Kier molecular flexibility index (Phi) is 7.68. The van der Waals surface area contributed by atoms with Crippen LogP contribution in [0.5, 0.6) is 5.75 Å². The molecule has 0 aliphatic carbocycles. The second-order valence-corrected chi connectivity index (χ2v) is 6.72. The van der Waals surface area contributed by atoms with Gasteiger partial charge >= 0.3 is 5.97 Å². The van der Waals surface area contributed by atoms with Crippen LogP contribution in [0.4, 0.5) is 0 Å². The summed E-state index contributed by atoms with van der Waals surface area (Å²) in [6.07, 6.45) is -0.328. The lowest BCUT2D eigenvalue weighted by Crippen LogP contribution is -2.52. The molecule has 1 aromatic rings. The van der Waals surface area contributed by atoms with Gasteiger partial charge in [-0.15, -0.1) is 0 Å². The molecule has 1 aliphatic heterocycles. The molecule has 0 spiro atoms. The molecule has 1 aliphatic rings. The molecule has 26 heavy (non-hydrogen) atoms. The van der Waals surface area contributed by atoms with Crippen LogP contribution in [0.2, 0.25) is 5.02 Å². The summed E-state index contributed by atoms with van der Waals surface area (Å²) in [6, 6.07) is 7.07. The van der Waals surface area contributed by atoms with Gasteiger partial charge in [-0.05, 0) is 25.6 Å². The van der Waals surface area contributed by atoms with Crippen molar-refractivity contribution in [2.75, 3.05) is 39.8 Å². The zero-order chi connectivity index (χ0) is 19.1. The Labute approximate surface area is 158 Å². The molecule has 0 bridgehead atoms. The molecular weight excluding hydrogens is 360 g/mol. The first-order valence-corrected chi connectivity index (χ1v) is 9.00. The van der Waals surface area contributed by atoms with Crippen molar-refractivity contribution in [2.24, 2.45) is 0 Å². The molecule has 144 valence electrons. The maximum absolute atomic E-state index is 12.8. The lowest BCUT2D eigenvalue weighted by atomic mass is 10.2. The van der Waals surface area contributed by atoms with Crippen LogP contribution in [-0.4, -0.2) is 78.8 Å². The number of amides is 1. The van der Waals surface area contributed by atoms with Crippen LogP contribution in [0.3, 0.4) is 0 Å². The number of morpholine rings is 1. The Bertz CT molecular complexity index is 627.